The largest absolute Gasteiger partial charge is 0.329 e. The van der Waals surface area contributed by atoms with Crippen molar-refractivity contribution in [2.24, 2.45) is 5.92 Å². The number of hydrogen-bond donors (Lipinski definition) is 0. The van der Waals surface area contributed by atoms with Crippen molar-refractivity contribution in [1.29, 1.82) is 5.26 Å². The lowest BCUT2D eigenvalue weighted by molar-refractivity contribution is -0.131. The van der Waals surface area contributed by atoms with Crippen molar-refractivity contribution in [2.45, 2.75) is 46.1 Å². The molecule has 0 aliphatic carbocycles. The number of nitrogens with zero attached hydrogens (tertiary/aromatic N) is 2. The molecule has 0 rings (SSSR count). The van der Waals surface area contributed by atoms with Crippen LogP contribution in [0.25, 0.3) is 0 Å². The van der Waals surface area contributed by atoms with E-state index in [2.05, 4.69) is 13.0 Å². The molecule has 0 saturated heterocycles. The van der Waals surface area contributed by atoms with Crippen molar-refractivity contribution in [1.82, 2.24) is 4.90 Å². The Hall–Kier alpha value is -1.04. The summed E-state index contributed by atoms with van der Waals surface area (Å²) in [5, 5.41) is 8.90. The predicted octanol–water partition coefficient (Wildman–Crippen LogP) is 2.18. The SMILES string of the molecule is CCCCC(=O)N(C)C(C#N)C(C)C. The maximum Gasteiger partial charge on any atom is 0.223 e. The number of rotatable bonds is 5. The van der Waals surface area contributed by atoms with E-state index in [0.717, 1.165) is 12.8 Å². The van der Waals surface area contributed by atoms with E-state index in [1.165, 1.54) is 0 Å². The van der Waals surface area contributed by atoms with E-state index in [0.29, 0.717) is 6.42 Å². The molecule has 0 fully saturated rings. The molecule has 1 atom stereocenters. The molecule has 0 aliphatic heterocycles. The van der Waals surface area contributed by atoms with Crippen LogP contribution >= 0.6 is 0 Å². The van der Waals surface area contributed by atoms with Crippen molar-refractivity contribution in [3.63, 3.8) is 0 Å². The minimum atomic E-state index is -0.292. The third kappa shape index (κ3) is 3.78. The van der Waals surface area contributed by atoms with Gasteiger partial charge in [-0.15, -0.1) is 0 Å². The van der Waals surface area contributed by atoms with Gasteiger partial charge in [-0.05, 0) is 12.3 Å². The van der Waals surface area contributed by atoms with Gasteiger partial charge in [0.05, 0.1) is 6.07 Å². The Labute approximate surface area is 86.7 Å². The summed E-state index contributed by atoms with van der Waals surface area (Å²) in [6.07, 6.45) is 2.47. The summed E-state index contributed by atoms with van der Waals surface area (Å²) in [7, 11) is 1.71. The van der Waals surface area contributed by atoms with Gasteiger partial charge >= 0.3 is 0 Å². The van der Waals surface area contributed by atoms with E-state index in [4.69, 9.17) is 5.26 Å². The topological polar surface area (TPSA) is 44.1 Å². The molecule has 1 unspecified atom stereocenters. The maximum absolute atomic E-state index is 11.6. The smallest absolute Gasteiger partial charge is 0.223 e. The Morgan fingerprint density at radius 2 is 2.07 bits per heavy atom. The lowest BCUT2D eigenvalue weighted by Crippen LogP contribution is -2.39. The molecule has 0 bridgehead atoms. The summed E-state index contributed by atoms with van der Waals surface area (Å²) in [6, 6.07) is 1.87. The summed E-state index contributed by atoms with van der Waals surface area (Å²) in [4.78, 5) is 13.2. The average Bonchev–Trinajstić information content (AvgIpc) is 2.14. The second-order valence-corrected chi connectivity index (χ2v) is 3.93. The van der Waals surface area contributed by atoms with Gasteiger partial charge < -0.3 is 4.90 Å². The fourth-order valence-corrected chi connectivity index (χ4v) is 1.34. The fourth-order valence-electron chi connectivity index (χ4n) is 1.34. The van der Waals surface area contributed by atoms with Crippen LogP contribution in [0, 0.1) is 17.2 Å². The number of carbonyl (C=O) groups excluding carboxylic acids is 1. The second-order valence-electron chi connectivity index (χ2n) is 3.93. The van der Waals surface area contributed by atoms with E-state index >= 15 is 0 Å². The molecular formula is C11H20N2O. The number of amides is 1. The number of unbranched alkanes of at least 4 members (excludes halogenated alkanes) is 1. The van der Waals surface area contributed by atoms with E-state index in [-0.39, 0.29) is 17.9 Å². The quantitative estimate of drug-likeness (QED) is 0.676. The number of hydrogen-bond acceptors (Lipinski definition) is 2. The Balaban J connectivity index is 4.22. The van der Waals surface area contributed by atoms with Crippen molar-refractivity contribution in [3.8, 4) is 6.07 Å². The highest BCUT2D eigenvalue weighted by Crippen LogP contribution is 2.10. The van der Waals surface area contributed by atoms with E-state index in [9.17, 15) is 4.79 Å². The normalized spacial score (nSPS) is 12.3. The maximum atomic E-state index is 11.6. The molecule has 0 radical (unpaired) electrons. The predicted molar refractivity (Wildman–Crippen MR) is 56.5 cm³/mol. The lowest BCUT2D eigenvalue weighted by atomic mass is 10.0. The third-order valence-corrected chi connectivity index (χ3v) is 2.32. The monoisotopic (exact) mass is 196 g/mol. The molecule has 0 aliphatic rings. The first-order valence-corrected chi connectivity index (χ1v) is 5.19. The number of nitriles is 1. The first-order chi connectivity index (χ1) is 6.54. The van der Waals surface area contributed by atoms with Crippen LogP contribution in [-0.4, -0.2) is 23.9 Å². The molecule has 1 amide bonds. The zero-order valence-corrected chi connectivity index (χ0v) is 9.58. The highest BCUT2D eigenvalue weighted by atomic mass is 16.2. The zero-order valence-electron chi connectivity index (χ0n) is 9.58. The van der Waals surface area contributed by atoms with Crippen LogP contribution < -0.4 is 0 Å². The van der Waals surface area contributed by atoms with Crippen LogP contribution in [0.3, 0.4) is 0 Å². The molecule has 0 aromatic carbocycles. The molecule has 0 N–H and O–H groups in total. The van der Waals surface area contributed by atoms with E-state index < -0.39 is 0 Å². The Kier molecular flexibility index (Phi) is 5.94. The third-order valence-electron chi connectivity index (χ3n) is 2.32. The van der Waals surface area contributed by atoms with Crippen molar-refractivity contribution in [3.05, 3.63) is 0 Å². The summed E-state index contributed by atoms with van der Waals surface area (Å²) in [6.45, 7) is 5.96. The van der Waals surface area contributed by atoms with Gasteiger partial charge in [0, 0.05) is 13.5 Å². The standard InChI is InChI=1S/C11H20N2O/c1-5-6-7-11(14)13(4)10(8-12)9(2)3/h9-10H,5-7H2,1-4H3. The minimum Gasteiger partial charge on any atom is -0.329 e. The molecule has 80 valence electrons. The molecular weight excluding hydrogens is 176 g/mol. The van der Waals surface area contributed by atoms with Crippen LogP contribution in [0.1, 0.15) is 40.0 Å². The van der Waals surface area contributed by atoms with Crippen LogP contribution in [0.2, 0.25) is 0 Å². The summed E-state index contributed by atoms with van der Waals surface area (Å²) >= 11 is 0. The molecule has 0 heterocycles. The van der Waals surface area contributed by atoms with Gasteiger partial charge in [0.1, 0.15) is 6.04 Å². The van der Waals surface area contributed by atoms with Gasteiger partial charge in [0.15, 0.2) is 0 Å². The van der Waals surface area contributed by atoms with Crippen molar-refractivity contribution >= 4 is 5.91 Å². The molecule has 3 heteroatoms. The van der Waals surface area contributed by atoms with Gasteiger partial charge in [-0.1, -0.05) is 27.2 Å². The molecule has 0 aromatic rings. The average molecular weight is 196 g/mol. The molecule has 0 saturated carbocycles. The van der Waals surface area contributed by atoms with Gasteiger partial charge in [0.25, 0.3) is 0 Å². The van der Waals surface area contributed by atoms with Gasteiger partial charge in [0.2, 0.25) is 5.91 Å². The lowest BCUT2D eigenvalue weighted by Gasteiger charge is -2.25. The molecule has 0 aromatic heterocycles. The van der Waals surface area contributed by atoms with Crippen molar-refractivity contribution < 1.29 is 4.79 Å². The van der Waals surface area contributed by atoms with Crippen LogP contribution in [0.4, 0.5) is 0 Å². The van der Waals surface area contributed by atoms with Crippen LogP contribution in [-0.2, 0) is 4.79 Å². The highest BCUT2D eigenvalue weighted by molar-refractivity contribution is 5.76. The first kappa shape index (κ1) is 13.0. The zero-order chi connectivity index (χ0) is 11.1. The van der Waals surface area contributed by atoms with Crippen LogP contribution in [0.15, 0.2) is 0 Å². The Morgan fingerprint density at radius 1 is 1.50 bits per heavy atom. The minimum absolute atomic E-state index is 0.0760. The molecule has 3 nitrogen and oxygen atoms in total. The van der Waals surface area contributed by atoms with E-state index in [1.807, 2.05) is 13.8 Å². The Bertz CT molecular complexity index is 218. The molecule has 14 heavy (non-hydrogen) atoms. The van der Waals surface area contributed by atoms with Gasteiger partial charge in [-0.25, -0.2) is 0 Å². The first-order valence-electron chi connectivity index (χ1n) is 5.19. The van der Waals surface area contributed by atoms with Crippen molar-refractivity contribution in [2.75, 3.05) is 7.05 Å². The van der Waals surface area contributed by atoms with Gasteiger partial charge in [-0.2, -0.15) is 5.26 Å². The fraction of sp³-hybridized carbons (Fsp3) is 0.818. The second kappa shape index (κ2) is 6.42. The number of carbonyl (C=O) groups is 1. The Morgan fingerprint density at radius 3 is 2.43 bits per heavy atom. The molecule has 0 spiro atoms. The highest BCUT2D eigenvalue weighted by Gasteiger charge is 2.21. The summed E-state index contributed by atoms with van der Waals surface area (Å²) in [5.74, 6) is 0.266. The summed E-state index contributed by atoms with van der Waals surface area (Å²) in [5.41, 5.74) is 0. The van der Waals surface area contributed by atoms with E-state index in [1.54, 1.807) is 11.9 Å². The van der Waals surface area contributed by atoms with Gasteiger partial charge in [-0.3, -0.25) is 4.79 Å². The summed E-state index contributed by atoms with van der Waals surface area (Å²) < 4.78 is 0. The van der Waals surface area contributed by atoms with Crippen LogP contribution in [0.5, 0.6) is 0 Å².